The molecule has 2 aromatic carbocycles. The Balaban J connectivity index is 1.18. The molecule has 0 spiro atoms. The molecule has 172 valence electrons. The van der Waals surface area contributed by atoms with Crippen molar-refractivity contribution in [3.63, 3.8) is 0 Å². The van der Waals surface area contributed by atoms with Crippen molar-refractivity contribution in [3.05, 3.63) is 78.4 Å². The van der Waals surface area contributed by atoms with Gasteiger partial charge in [-0.25, -0.2) is 9.97 Å². The largest absolute Gasteiger partial charge is 0.455 e. The van der Waals surface area contributed by atoms with Crippen LogP contribution in [-0.2, 0) is 14.3 Å². The van der Waals surface area contributed by atoms with Crippen molar-refractivity contribution in [2.75, 3.05) is 31.5 Å². The average molecular weight is 456 g/mol. The van der Waals surface area contributed by atoms with Crippen molar-refractivity contribution in [2.45, 2.75) is 24.9 Å². The lowest BCUT2D eigenvalue weighted by Gasteiger charge is -2.51. The number of rotatable bonds is 5. The number of carbonyl (C=O) groups is 2. The number of quaternary nitrogens is 1. The van der Waals surface area contributed by atoms with Gasteiger partial charge in [0.05, 0.1) is 31.2 Å². The molecule has 3 saturated heterocycles. The molecule has 1 aliphatic carbocycles. The third-order valence-corrected chi connectivity index (χ3v) is 7.70. The minimum Gasteiger partial charge on any atom is -0.455 e. The summed E-state index contributed by atoms with van der Waals surface area (Å²) in [6.45, 7) is 2.93. The van der Waals surface area contributed by atoms with E-state index in [4.69, 9.17) is 4.74 Å². The summed E-state index contributed by atoms with van der Waals surface area (Å²) in [5, 5.41) is 2.90. The van der Waals surface area contributed by atoms with E-state index >= 15 is 0 Å². The number of benzene rings is 2. The van der Waals surface area contributed by atoms with E-state index in [1.54, 1.807) is 12.4 Å². The monoisotopic (exact) mass is 455 g/mol. The summed E-state index contributed by atoms with van der Waals surface area (Å²) in [6.07, 6.45) is 6.40. The number of fused-ring (bicyclic) bond motifs is 6. The summed E-state index contributed by atoms with van der Waals surface area (Å²) in [5.41, 5.74) is 4.85. The molecule has 4 aliphatic rings. The molecule has 2 bridgehead atoms. The number of aromatic nitrogens is 2. The van der Waals surface area contributed by atoms with Crippen LogP contribution in [0.1, 0.15) is 29.9 Å². The van der Waals surface area contributed by atoms with Crippen LogP contribution >= 0.6 is 0 Å². The summed E-state index contributed by atoms with van der Waals surface area (Å²) in [5.74, 6) is -0.266. The van der Waals surface area contributed by atoms with Gasteiger partial charge < -0.3 is 14.5 Å². The third-order valence-electron chi connectivity index (χ3n) is 7.70. The number of ether oxygens (including phenoxy) is 1. The van der Waals surface area contributed by atoms with E-state index in [1.165, 1.54) is 6.33 Å². The van der Waals surface area contributed by atoms with E-state index in [2.05, 4.69) is 27.4 Å². The minimum atomic E-state index is -0.391. The number of hydrogen-bond acceptors (Lipinski definition) is 5. The smallest absolute Gasteiger partial charge is 0.318 e. The van der Waals surface area contributed by atoms with Gasteiger partial charge in [0.2, 0.25) is 0 Å². The molecule has 1 atom stereocenters. The van der Waals surface area contributed by atoms with Crippen molar-refractivity contribution in [1.29, 1.82) is 0 Å². The molecule has 1 N–H and O–H groups in total. The third kappa shape index (κ3) is 3.66. The number of anilines is 1. The molecular weight excluding hydrogens is 428 g/mol. The van der Waals surface area contributed by atoms with Crippen molar-refractivity contribution in [2.24, 2.45) is 5.92 Å². The molecule has 7 rings (SSSR count). The molecule has 3 aromatic rings. The quantitative estimate of drug-likeness (QED) is 0.471. The van der Waals surface area contributed by atoms with Gasteiger partial charge >= 0.3 is 5.97 Å². The Morgan fingerprint density at radius 3 is 2.21 bits per heavy atom. The molecule has 0 saturated carbocycles. The molecule has 1 amide bonds. The molecule has 0 radical (unpaired) electrons. The Labute approximate surface area is 198 Å². The Morgan fingerprint density at radius 1 is 0.941 bits per heavy atom. The van der Waals surface area contributed by atoms with Gasteiger partial charge in [-0.3, -0.25) is 9.59 Å². The Kier molecular flexibility index (Phi) is 5.14. The fourth-order valence-electron chi connectivity index (χ4n) is 6.07. The highest BCUT2D eigenvalue weighted by molar-refractivity contribution is 5.93. The molecule has 7 heteroatoms. The van der Waals surface area contributed by atoms with Crippen LogP contribution in [0.5, 0.6) is 0 Å². The lowest BCUT2D eigenvalue weighted by molar-refractivity contribution is -0.938. The van der Waals surface area contributed by atoms with E-state index in [-0.39, 0.29) is 18.0 Å². The number of esters is 1. The van der Waals surface area contributed by atoms with E-state index < -0.39 is 5.92 Å². The topological polar surface area (TPSA) is 81.2 Å². The second-order valence-corrected chi connectivity index (χ2v) is 9.73. The number of carbonyl (C=O) groups excluding carboxylic acids is 2. The van der Waals surface area contributed by atoms with Crippen molar-refractivity contribution in [1.82, 2.24) is 9.97 Å². The van der Waals surface area contributed by atoms with Gasteiger partial charge in [0.25, 0.3) is 5.91 Å². The summed E-state index contributed by atoms with van der Waals surface area (Å²) in [6, 6.07) is 16.2. The van der Waals surface area contributed by atoms with Gasteiger partial charge in [0.1, 0.15) is 18.8 Å². The maximum Gasteiger partial charge on any atom is 0.318 e. The summed E-state index contributed by atoms with van der Waals surface area (Å²) < 4.78 is 6.90. The van der Waals surface area contributed by atoms with Crippen LogP contribution in [0, 0.1) is 5.92 Å². The Bertz CT molecular complexity index is 1190. The Morgan fingerprint density at radius 2 is 1.56 bits per heavy atom. The molecule has 34 heavy (non-hydrogen) atoms. The minimum absolute atomic E-state index is 0.0566. The highest BCUT2D eigenvalue weighted by atomic mass is 16.5. The van der Waals surface area contributed by atoms with E-state index in [0.29, 0.717) is 29.2 Å². The molecular formula is C27H27N4O3+. The van der Waals surface area contributed by atoms with Crippen LogP contribution in [0.3, 0.4) is 0 Å². The van der Waals surface area contributed by atoms with Crippen molar-refractivity contribution < 1.29 is 18.8 Å². The first-order valence-corrected chi connectivity index (χ1v) is 11.9. The second-order valence-electron chi connectivity index (χ2n) is 9.73. The van der Waals surface area contributed by atoms with Crippen LogP contribution in [0.2, 0.25) is 0 Å². The normalized spacial score (nSPS) is 24.8. The first kappa shape index (κ1) is 21.0. The van der Waals surface area contributed by atoms with Crippen LogP contribution in [0.4, 0.5) is 5.69 Å². The van der Waals surface area contributed by atoms with Gasteiger partial charge in [-0.2, -0.15) is 0 Å². The highest BCUT2D eigenvalue weighted by Gasteiger charge is 2.49. The fourth-order valence-corrected chi connectivity index (χ4v) is 6.07. The Hall–Kier alpha value is -3.58. The number of hydrogen-bond donors (Lipinski definition) is 1. The number of nitrogens with one attached hydrogen (secondary N) is 1. The molecule has 3 fully saturated rings. The maximum absolute atomic E-state index is 13.6. The molecule has 0 unspecified atom stereocenters. The summed E-state index contributed by atoms with van der Waals surface area (Å²) >= 11 is 0. The predicted octanol–water partition coefficient (Wildman–Crippen LogP) is 3.38. The summed E-state index contributed by atoms with van der Waals surface area (Å²) in [7, 11) is 0. The van der Waals surface area contributed by atoms with E-state index in [1.807, 2.05) is 36.4 Å². The maximum atomic E-state index is 13.6. The second kappa shape index (κ2) is 8.33. The summed E-state index contributed by atoms with van der Waals surface area (Å²) in [4.78, 5) is 34.3. The van der Waals surface area contributed by atoms with Crippen molar-refractivity contribution >= 4 is 17.6 Å². The lowest BCUT2D eigenvalue weighted by atomic mass is 9.83. The fraction of sp³-hybridized carbons (Fsp3) is 0.333. The highest BCUT2D eigenvalue weighted by Crippen LogP contribution is 2.46. The molecule has 1 aromatic heterocycles. The van der Waals surface area contributed by atoms with Gasteiger partial charge in [0.15, 0.2) is 12.6 Å². The van der Waals surface area contributed by atoms with Crippen LogP contribution in [0.15, 0.2) is 67.3 Å². The number of amides is 1. The van der Waals surface area contributed by atoms with Gasteiger partial charge in [0, 0.05) is 18.8 Å². The van der Waals surface area contributed by atoms with Crippen LogP contribution in [0.25, 0.3) is 11.1 Å². The van der Waals surface area contributed by atoms with Crippen LogP contribution < -0.4 is 5.32 Å². The molecule has 4 heterocycles. The zero-order chi connectivity index (χ0) is 23.1. The number of piperidine rings is 3. The first-order chi connectivity index (χ1) is 16.6. The van der Waals surface area contributed by atoms with Crippen LogP contribution in [-0.4, -0.2) is 58.6 Å². The molecule has 7 nitrogen and oxygen atoms in total. The first-order valence-electron chi connectivity index (χ1n) is 11.9. The lowest BCUT2D eigenvalue weighted by Crippen LogP contribution is -2.66. The van der Waals surface area contributed by atoms with Gasteiger partial charge in [-0.15, -0.1) is 0 Å². The zero-order valence-corrected chi connectivity index (χ0v) is 18.9. The molecule has 3 aliphatic heterocycles. The van der Waals surface area contributed by atoms with Gasteiger partial charge in [-0.05, 0) is 22.3 Å². The standard InChI is InChI=1S/C27H26N4O3/c32-25(30-19-13-28-17-29-14-19)16-31-11-9-18(10-12-31)24(15-31)34-27(33)26-22-7-3-1-5-20(22)21-6-2-4-8-23(21)26/h1-8,13-14,17-18,24,26H,9-12,15-16H2/p+1/t18?,24-,31?/m0/s1. The SMILES string of the molecule is O=C(C[N+]12CCC(CC1)[C@@H](OC(=O)C1c3ccccc3-c3ccccc31)C2)Nc1cncnc1. The predicted molar refractivity (Wildman–Crippen MR) is 127 cm³/mol. The van der Waals surface area contributed by atoms with Crippen molar-refractivity contribution in [3.8, 4) is 11.1 Å². The van der Waals surface area contributed by atoms with Gasteiger partial charge in [-0.1, -0.05) is 48.5 Å². The average Bonchev–Trinajstić information content (AvgIpc) is 3.19. The zero-order valence-electron chi connectivity index (χ0n) is 18.9. The van der Waals surface area contributed by atoms with E-state index in [0.717, 1.165) is 48.2 Å². The van der Waals surface area contributed by atoms with E-state index in [9.17, 15) is 9.59 Å². The number of nitrogens with zero attached hydrogens (tertiary/aromatic N) is 3.